The van der Waals surface area contributed by atoms with Gasteiger partial charge in [-0.15, -0.1) is 0 Å². The van der Waals surface area contributed by atoms with Crippen molar-refractivity contribution in [3.8, 4) is 5.75 Å². The number of fused-ring (bicyclic) bond motifs is 3. The molecule has 1 amide bonds. The van der Waals surface area contributed by atoms with E-state index in [1.165, 1.54) is 6.92 Å². The summed E-state index contributed by atoms with van der Waals surface area (Å²) < 4.78 is 43.9. The number of halogens is 3. The number of nitrogens with two attached hydrogens (primary N) is 1. The van der Waals surface area contributed by atoms with Crippen molar-refractivity contribution in [2.24, 2.45) is 23.0 Å². The van der Waals surface area contributed by atoms with Gasteiger partial charge in [0.1, 0.15) is 22.8 Å². The minimum atomic E-state index is -4.83. The largest absolute Gasteiger partial charge is 0.511 e. The summed E-state index contributed by atoms with van der Waals surface area (Å²) in [5, 5.41) is 36.7. The van der Waals surface area contributed by atoms with E-state index in [2.05, 4.69) is 5.32 Å². The first kappa shape index (κ1) is 29.1. The third-order valence-corrected chi connectivity index (χ3v) is 9.43. The summed E-state index contributed by atoms with van der Waals surface area (Å²) in [4.78, 5) is 41.6. The number of rotatable bonds is 5. The monoisotopic (exact) mass is 577 g/mol. The van der Waals surface area contributed by atoms with Gasteiger partial charge in [-0.05, 0) is 82.3 Å². The normalized spacial score (nSPS) is 30.0. The van der Waals surface area contributed by atoms with Crippen LogP contribution in [0.4, 0.5) is 13.2 Å². The molecular formula is C29H34F3N3O6. The Bertz CT molecular complexity index is 1410. The molecule has 0 aromatic heterocycles. The van der Waals surface area contributed by atoms with Gasteiger partial charge in [0, 0.05) is 17.5 Å². The van der Waals surface area contributed by atoms with E-state index in [4.69, 9.17) is 5.73 Å². The van der Waals surface area contributed by atoms with Gasteiger partial charge in [0.15, 0.2) is 11.6 Å². The van der Waals surface area contributed by atoms with Crippen molar-refractivity contribution >= 4 is 17.5 Å². The second-order valence-electron chi connectivity index (χ2n) is 11.8. The molecule has 222 valence electrons. The minimum Gasteiger partial charge on any atom is -0.511 e. The summed E-state index contributed by atoms with van der Waals surface area (Å²) in [6, 6.07) is -0.637. The Hall–Kier alpha value is -3.38. The van der Waals surface area contributed by atoms with Crippen LogP contribution in [0.15, 0.2) is 28.7 Å². The predicted octanol–water partition coefficient (Wildman–Crippen LogP) is 3.62. The smallest absolute Gasteiger partial charge is 0.417 e. The molecule has 41 heavy (non-hydrogen) atoms. The average molecular weight is 578 g/mol. The van der Waals surface area contributed by atoms with Crippen molar-refractivity contribution < 1.29 is 42.9 Å². The zero-order valence-corrected chi connectivity index (χ0v) is 23.1. The fourth-order valence-electron chi connectivity index (χ4n) is 7.61. The van der Waals surface area contributed by atoms with Crippen molar-refractivity contribution in [2.45, 2.75) is 64.2 Å². The van der Waals surface area contributed by atoms with Gasteiger partial charge >= 0.3 is 6.18 Å². The van der Waals surface area contributed by atoms with Crippen LogP contribution in [0.2, 0.25) is 0 Å². The van der Waals surface area contributed by atoms with Crippen LogP contribution in [-0.2, 0) is 22.2 Å². The van der Waals surface area contributed by atoms with E-state index in [9.17, 15) is 42.9 Å². The molecule has 12 heteroatoms. The summed E-state index contributed by atoms with van der Waals surface area (Å²) in [5.41, 5.74) is 0.685. The number of amides is 1. The Balaban J connectivity index is 1.73. The third-order valence-electron chi connectivity index (χ3n) is 9.43. The molecule has 0 bridgehead atoms. The number of hydrogen-bond acceptors (Lipinski definition) is 8. The third kappa shape index (κ3) is 4.17. The van der Waals surface area contributed by atoms with Crippen molar-refractivity contribution in [2.75, 3.05) is 20.1 Å². The first-order valence-corrected chi connectivity index (χ1v) is 13.8. The lowest BCUT2D eigenvalue weighted by atomic mass is 9.53. The molecule has 0 spiro atoms. The number of phenolic OH excluding ortho intramolecular Hbond substituents is 1. The maximum absolute atomic E-state index is 14.6. The number of carbonyl (C=O) groups is 3. The number of alkyl halides is 3. The number of aliphatic hydroxyl groups is 2. The van der Waals surface area contributed by atoms with Gasteiger partial charge in [-0.3, -0.25) is 19.3 Å². The number of aromatic hydroxyl groups is 1. The number of nitrogens with one attached hydrogen (secondary N) is 1. The molecule has 0 saturated carbocycles. The molecule has 6 N–H and O–H groups in total. The molecule has 4 aliphatic rings. The van der Waals surface area contributed by atoms with Gasteiger partial charge in [-0.2, -0.15) is 13.2 Å². The molecule has 9 nitrogen and oxygen atoms in total. The maximum Gasteiger partial charge on any atom is 0.417 e. The molecule has 1 saturated heterocycles. The number of aliphatic hydroxyl groups excluding tert-OH is 2. The van der Waals surface area contributed by atoms with Crippen molar-refractivity contribution in [1.29, 1.82) is 0 Å². The lowest BCUT2D eigenvalue weighted by Gasteiger charge is -2.52. The summed E-state index contributed by atoms with van der Waals surface area (Å²) in [7, 11) is 1.66. The highest BCUT2D eigenvalue weighted by atomic mass is 19.4. The zero-order valence-electron chi connectivity index (χ0n) is 23.1. The SMILES string of the molecule is CCCN(C)[C@@H]1C(O)=C(C(N)=O)C(=O)[C@@]2(C)C(O)=C3C(=O)c4c(O)cc(C5CCCN5)c(C(F)(F)F)c4C[C@H]3C[C@@H]12. The number of carbonyl (C=O) groups excluding carboxylic acids is 3. The molecule has 5 atom stereocenters. The van der Waals surface area contributed by atoms with Crippen molar-refractivity contribution in [3.63, 3.8) is 0 Å². The predicted molar refractivity (Wildman–Crippen MR) is 141 cm³/mol. The molecule has 0 radical (unpaired) electrons. The van der Waals surface area contributed by atoms with Crippen LogP contribution >= 0.6 is 0 Å². The molecule has 3 aliphatic carbocycles. The first-order valence-electron chi connectivity index (χ1n) is 13.8. The highest BCUT2D eigenvalue weighted by Gasteiger charge is 2.62. The fourth-order valence-corrected chi connectivity index (χ4v) is 7.61. The fraction of sp³-hybridized carbons (Fsp3) is 0.552. The van der Waals surface area contributed by atoms with Crippen LogP contribution in [0, 0.1) is 17.3 Å². The van der Waals surface area contributed by atoms with E-state index >= 15 is 0 Å². The highest BCUT2D eigenvalue weighted by molar-refractivity contribution is 6.23. The number of primary amides is 1. The van der Waals surface area contributed by atoms with Crippen LogP contribution in [-0.4, -0.2) is 63.9 Å². The lowest BCUT2D eigenvalue weighted by Crippen LogP contribution is -2.59. The van der Waals surface area contributed by atoms with Crippen LogP contribution in [0.3, 0.4) is 0 Å². The van der Waals surface area contributed by atoms with E-state index < -0.39 is 87.0 Å². The molecule has 1 aliphatic heterocycles. The van der Waals surface area contributed by atoms with Crippen molar-refractivity contribution in [1.82, 2.24) is 10.2 Å². The topological polar surface area (TPSA) is 153 Å². The minimum absolute atomic E-state index is 0.0361. The molecule has 1 fully saturated rings. The van der Waals surface area contributed by atoms with E-state index in [1.54, 1.807) is 11.9 Å². The number of likely N-dealkylation sites (N-methyl/N-ethyl adjacent to an activating group) is 1. The Kier molecular flexibility index (Phi) is 7.01. The molecule has 1 aromatic carbocycles. The highest BCUT2D eigenvalue weighted by Crippen LogP contribution is 2.57. The summed E-state index contributed by atoms with van der Waals surface area (Å²) in [6.07, 6.45) is -3.45. The number of phenols is 1. The second-order valence-corrected chi connectivity index (χ2v) is 11.8. The average Bonchev–Trinajstić information content (AvgIpc) is 3.40. The Morgan fingerprint density at radius 2 is 1.93 bits per heavy atom. The second kappa shape index (κ2) is 9.87. The van der Waals surface area contributed by atoms with E-state index in [0.29, 0.717) is 32.4 Å². The van der Waals surface area contributed by atoms with Crippen LogP contribution in [0.1, 0.15) is 72.6 Å². The Morgan fingerprint density at radius 3 is 2.49 bits per heavy atom. The molecule has 5 rings (SSSR count). The summed E-state index contributed by atoms with van der Waals surface area (Å²) in [6.45, 7) is 4.19. The quantitative estimate of drug-likeness (QED) is 0.333. The Labute approximate surface area is 234 Å². The van der Waals surface area contributed by atoms with E-state index in [1.807, 2.05) is 6.92 Å². The number of Topliss-reactive ketones (excluding diaryl/α,β-unsaturated/α-hetero) is 2. The summed E-state index contributed by atoms with van der Waals surface area (Å²) >= 11 is 0. The lowest BCUT2D eigenvalue weighted by molar-refractivity contribution is -0.139. The van der Waals surface area contributed by atoms with Gasteiger partial charge in [0.05, 0.1) is 22.6 Å². The van der Waals surface area contributed by atoms with Gasteiger partial charge in [0.2, 0.25) is 0 Å². The van der Waals surface area contributed by atoms with E-state index in [-0.39, 0.29) is 29.5 Å². The van der Waals surface area contributed by atoms with E-state index in [0.717, 1.165) is 6.07 Å². The maximum atomic E-state index is 14.6. The molecule has 1 aromatic rings. The van der Waals surface area contributed by atoms with Gasteiger partial charge < -0.3 is 26.4 Å². The molecular weight excluding hydrogens is 543 g/mol. The standard InChI is InChI=1S/C29H34F3N3O6/c1-4-8-35(3)22-15-10-12-9-14-19(17(36)11-13(16-6-5-7-34-16)21(14)29(30,31)32)23(37)18(12)25(39)28(15,2)26(40)20(24(22)38)27(33)41/h11-12,15-16,22,34,36,38-39H,4-10H2,1-3H3,(H2,33,41)/t12-,15-,16?,22-,28+/m0/s1. The van der Waals surface area contributed by atoms with Crippen LogP contribution < -0.4 is 11.1 Å². The van der Waals surface area contributed by atoms with Crippen LogP contribution in [0.5, 0.6) is 5.75 Å². The summed E-state index contributed by atoms with van der Waals surface area (Å²) in [5.74, 6) is -6.82. The van der Waals surface area contributed by atoms with Gasteiger partial charge in [-0.25, -0.2) is 0 Å². The molecule has 1 unspecified atom stereocenters. The number of benzene rings is 1. The zero-order chi connectivity index (χ0) is 30.2. The Morgan fingerprint density at radius 1 is 1.24 bits per heavy atom. The van der Waals surface area contributed by atoms with Crippen molar-refractivity contribution in [3.05, 3.63) is 51.0 Å². The molecule has 1 heterocycles. The first-order chi connectivity index (χ1) is 19.2. The number of hydrogen-bond donors (Lipinski definition) is 5. The number of allylic oxidation sites excluding steroid dienone is 2. The number of ketones is 2. The van der Waals surface area contributed by atoms with Gasteiger partial charge in [0.25, 0.3) is 5.91 Å². The number of nitrogens with zero attached hydrogens (tertiary/aromatic N) is 1. The van der Waals surface area contributed by atoms with Gasteiger partial charge in [-0.1, -0.05) is 6.92 Å². The van der Waals surface area contributed by atoms with Crippen LogP contribution in [0.25, 0.3) is 0 Å².